The van der Waals surface area contributed by atoms with E-state index in [-0.39, 0.29) is 11.8 Å². The van der Waals surface area contributed by atoms with Crippen LogP contribution in [0.15, 0.2) is 43.0 Å². The van der Waals surface area contributed by atoms with Gasteiger partial charge in [0.25, 0.3) is 5.91 Å². The van der Waals surface area contributed by atoms with E-state index in [4.69, 9.17) is 0 Å². The molecule has 0 radical (unpaired) electrons. The molecule has 1 aromatic heterocycles. The van der Waals surface area contributed by atoms with Gasteiger partial charge >= 0.3 is 0 Å². The van der Waals surface area contributed by atoms with E-state index in [0.717, 1.165) is 13.0 Å². The molecule has 1 aromatic carbocycles. The summed E-state index contributed by atoms with van der Waals surface area (Å²) in [5, 5.41) is 5.52. The van der Waals surface area contributed by atoms with Gasteiger partial charge in [-0.3, -0.25) is 9.59 Å². The average Bonchev–Trinajstić information content (AvgIpc) is 2.97. The zero-order chi connectivity index (χ0) is 15.1. The normalized spacial score (nSPS) is 10.1. The quantitative estimate of drug-likeness (QED) is 0.793. The minimum absolute atomic E-state index is 0.116. The van der Waals surface area contributed by atoms with Crippen molar-refractivity contribution in [1.29, 1.82) is 0 Å². The predicted octanol–water partition coefficient (Wildman–Crippen LogP) is 1.66. The van der Waals surface area contributed by atoms with Gasteiger partial charge in [-0.2, -0.15) is 0 Å². The lowest BCUT2D eigenvalue weighted by atomic mass is 10.2. The molecular formula is C15H18N4O2. The second-order valence-electron chi connectivity index (χ2n) is 4.67. The van der Waals surface area contributed by atoms with Crippen LogP contribution in [0.3, 0.4) is 0 Å². The Labute approximate surface area is 123 Å². The molecule has 0 fully saturated rings. The minimum atomic E-state index is -0.133. The fourth-order valence-corrected chi connectivity index (χ4v) is 1.89. The van der Waals surface area contributed by atoms with Crippen molar-refractivity contribution >= 4 is 17.5 Å². The van der Waals surface area contributed by atoms with Crippen LogP contribution in [0.2, 0.25) is 0 Å². The van der Waals surface area contributed by atoms with Crippen LogP contribution in [0.5, 0.6) is 0 Å². The molecule has 1 heterocycles. The van der Waals surface area contributed by atoms with Gasteiger partial charge in [0.15, 0.2) is 0 Å². The Morgan fingerprint density at radius 2 is 2.00 bits per heavy atom. The Hall–Kier alpha value is -2.63. The summed E-state index contributed by atoms with van der Waals surface area (Å²) in [5.41, 5.74) is 1.26. The third kappa shape index (κ3) is 4.76. The van der Waals surface area contributed by atoms with Gasteiger partial charge in [0.1, 0.15) is 0 Å². The molecule has 0 aliphatic heterocycles. The van der Waals surface area contributed by atoms with Crippen molar-refractivity contribution in [3.63, 3.8) is 0 Å². The first-order valence-electron chi connectivity index (χ1n) is 6.77. The van der Waals surface area contributed by atoms with Gasteiger partial charge in [-0.1, -0.05) is 0 Å². The molecule has 2 amide bonds. The number of nitrogens with one attached hydrogen (secondary N) is 2. The number of aromatic nitrogens is 2. The molecule has 0 saturated carbocycles. The highest BCUT2D eigenvalue weighted by Crippen LogP contribution is 2.09. The lowest BCUT2D eigenvalue weighted by molar-refractivity contribution is -0.114. The minimum Gasteiger partial charge on any atom is -0.352 e. The number of hydrogen-bond donors (Lipinski definition) is 2. The lowest BCUT2D eigenvalue weighted by Gasteiger charge is -2.07. The predicted molar refractivity (Wildman–Crippen MR) is 79.9 cm³/mol. The smallest absolute Gasteiger partial charge is 0.251 e. The zero-order valence-electron chi connectivity index (χ0n) is 11.9. The van der Waals surface area contributed by atoms with Crippen molar-refractivity contribution in [3.05, 3.63) is 48.5 Å². The molecular weight excluding hydrogens is 268 g/mol. The van der Waals surface area contributed by atoms with Crippen LogP contribution in [0.25, 0.3) is 0 Å². The first-order chi connectivity index (χ1) is 10.1. The SMILES string of the molecule is CC(=O)Nc1ccc(C(=O)NCCCn2ccnc2)cc1. The monoisotopic (exact) mass is 286 g/mol. The van der Waals surface area contributed by atoms with Gasteiger partial charge in [0.2, 0.25) is 5.91 Å². The molecule has 0 unspecified atom stereocenters. The second-order valence-corrected chi connectivity index (χ2v) is 4.67. The number of aryl methyl sites for hydroxylation is 1. The van der Waals surface area contributed by atoms with Gasteiger partial charge in [0.05, 0.1) is 6.33 Å². The zero-order valence-corrected chi connectivity index (χ0v) is 11.9. The van der Waals surface area contributed by atoms with Crippen molar-refractivity contribution in [1.82, 2.24) is 14.9 Å². The molecule has 2 N–H and O–H groups in total. The Bertz CT molecular complexity index is 591. The van der Waals surface area contributed by atoms with Crippen LogP contribution in [-0.4, -0.2) is 27.9 Å². The van der Waals surface area contributed by atoms with Crippen molar-refractivity contribution in [2.45, 2.75) is 19.9 Å². The van der Waals surface area contributed by atoms with Crippen LogP contribution in [0.1, 0.15) is 23.7 Å². The molecule has 0 atom stereocenters. The number of benzene rings is 1. The summed E-state index contributed by atoms with van der Waals surface area (Å²) in [6.07, 6.45) is 6.21. The van der Waals surface area contributed by atoms with Crippen molar-refractivity contribution in [2.75, 3.05) is 11.9 Å². The third-order valence-corrected chi connectivity index (χ3v) is 2.91. The number of carbonyl (C=O) groups excluding carboxylic acids is 2. The number of nitrogens with zero attached hydrogens (tertiary/aromatic N) is 2. The molecule has 2 rings (SSSR count). The lowest BCUT2D eigenvalue weighted by Crippen LogP contribution is -2.25. The van der Waals surface area contributed by atoms with Crippen LogP contribution < -0.4 is 10.6 Å². The second kappa shape index (κ2) is 7.23. The summed E-state index contributed by atoms with van der Waals surface area (Å²) in [5.74, 6) is -0.248. The largest absolute Gasteiger partial charge is 0.352 e. The number of imidazole rings is 1. The van der Waals surface area contributed by atoms with Gasteiger partial charge in [0, 0.05) is 43.7 Å². The summed E-state index contributed by atoms with van der Waals surface area (Å²) < 4.78 is 1.97. The maximum Gasteiger partial charge on any atom is 0.251 e. The molecule has 110 valence electrons. The highest BCUT2D eigenvalue weighted by molar-refractivity contribution is 5.95. The molecule has 0 bridgehead atoms. The van der Waals surface area contributed by atoms with E-state index in [1.807, 2.05) is 10.8 Å². The Morgan fingerprint density at radius 3 is 2.62 bits per heavy atom. The molecule has 6 heteroatoms. The Balaban J connectivity index is 1.76. The molecule has 0 saturated heterocycles. The van der Waals surface area contributed by atoms with Gasteiger partial charge < -0.3 is 15.2 Å². The molecule has 0 aliphatic rings. The molecule has 21 heavy (non-hydrogen) atoms. The molecule has 0 aliphatic carbocycles. The van der Waals surface area contributed by atoms with Gasteiger partial charge in [-0.05, 0) is 30.7 Å². The highest BCUT2D eigenvalue weighted by Gasteiger charge is 2.05. The summed E-state index contributed by atoms with van der Waals surface area (Å²) in [6.45, 7) is 2.87. The van der Waals surface area contributed by atoms with Gasteiger partial charge in [-0.15, -0.1) is 0 Å². The summed E-state index contributed by atoms with van der Waals surface area (Å²) in [4.78, 5) is 26.8. The molecule has 6 nitrogen and oxygen atoms in total. The van der Waals surface area contributed by atoms with E-state index in [0.29, 0.717) is 17.8 Å². The summed E-state index contributed by atoms with van der Waals surface area (Å²) >= 11 is 0. The first kappa shape index (κ1) is 14.8. The standard InChI is InChI=1S/C15H18N4O2/c1-12(20)18-14-5-3-13(4-6-14)15(21)17-7-2-9-19-10-8-16-11-19/h3-6,8,10-11H,2,7,9H2,1H3,(H,17,21)(H,18,20). The first-order valence-corrected chi connectivity index (χ1v) is 6.77. The van der Waals surface area contributed by atoms with E-state index < -0.39 is 0 Å². The maximum atomic E-state index is 11.9. The van der Waals surface area contributed by atoms with E-state index in [1.165, 1.54) is 6.92 Å². The third-order valence-electron chi connectivity index (χ3n) is 2.91. The number of amides is 2. The van der Waals surface area contributed by atoms with E-state index >= 15 is 0 Å². The number of carbonyl (C=O) groups is 2. The Morgan fingerprint density at radius 1 is 1.24 bits per heavy atom. The van der Waals surface area contributed by atoms with Crippen molar-refractivity contribution < 1.29 is 9.59 Å². The van der Waals surface area contributed by atoms with Gasteiger partial charge in [-0.25, -0.2) is 4.98 Å². The van der Waals surface area contributed by atoms with Crippen molar-refractivity contribution in [3.8, 4) is 0 Å². The van der Waals surface area contributed by atoms with Crippen LogP contribution in [0.4, 0.5) is 5.69 Å². The average molecular weight is 286 g/mol. The van der Waals surface area contributed by atoms with E-state index in [9.17, 15) is 9.59 Å². The summed E-state index contributed by atoms with van der Waals surface area (Å²) in [6, 6.07) is 6.80. The van der Waals surface area contributed by atoms with E-state index in [1.54, 1.807) is 36.8 Å². The van der Waals surface area contributed by atoms with E-state index in [2.05, 4.69) is 15.6 Å². The highest BCUT2D eigenvalue weighted by atomic mass is 16.2. The fourth-order valence-electron chi connectivity index (χ4n) is 1.89. The number of rotatable bonds is 6. The molecule has 2 aromatic rings. The summed E-state index contributed by atoms with van der Waals surface area (Å²) in [7, 11) is 0. The fraction of sp³-hybridized carbons (Fsp3) is 0.267. The van der Waals surface area contributed by atoms with Crippen LogP contribution in [0, 0.1) is 0 Å². The number of anilines is 1. The van der Waals surface area contributed by atoms with Crippen molar-refractivity contribution in [2.24, 2.45) is 0 Å². The topological polar surface area (TPSA) is 76.0 Å². The number of hydrogen-bond acceptors (Lipinski definition) is 3. The molecule has 0 spiro atoms. The van der Waals surface area contributed by atoms with Crippen LogP contribution >= 0.6 is 0 Å². The Kier molecular flexibility index (Phi) is 5.09. The maximum absolute atomic E-state index is 11.9. The van der Waals surface area contributed by atoms with Crippen LogP contribution in [-0.2, 0) is 11.3 Å².